The van der Waals surface area contributed by atoms with Crippen molar-refractivity contribution < 1.29 is 18.7 Å². The Hall–Kier alpha value is -3.19. The maximum absolute atomic E-state index is 13.8. The lowest BCUT2D eigenvalue weighted by atomic mass is 9.89. The third-order valence-corrected chi connectivity index (χ3v) is 6.12. The molecule has 1 fully saturated rings. The summed E-state index contributed by atoms with van der Waals surface area (Å²) in [5.74, 6) is 0.264. The maximum Gasteiger partial charge on any atom is 0.252 e. The number of benzene rings is 2. The minimum Gasteiger partial charge on any atom is -0.496 e. The van der Waals surface area contributed by atoms with Crippen LogP contribution in [0.2, 0.25) is 0 Å². The number of unbranched alkanes of at least 4 members (excludes halogenated alkanes) is 1. The molecule has 0 aliphatic carbocycles. The highest BCUT2D eigenvalue weighted by Crippen LogP contribution is 2.33. The molecule has 0 radical (unpaired) electrons. The summed E-state index contributed by atoms with van der Waals surface area (Å²) in [4.78, 5) is 17.1. The van der Waals surface area contributed by atoms with Gasteiger partial charge in [0.1, 0.15) is 11.6 Å². The van der Waals surface area contributed by atoms with Crippen molar-refractivity contribution in [1.82, 2.24) is 14.9 Å². The Balaban J connectivity index is 1.37. The van der Waals surface area contributed by atoms with Gasteiger partial charge in [0.2, 0.25) is 0 Å². The average Bonchev–Trinajstić information content (AvgIpc) is 3.52. The molecule has 1 saturated heterocycles. The van der Waals surface area contributed by atoms with Gasteiger partial charge < -0.3 is 19.4 Å². The van der Waals surface area contributed by atoms with E-state index in [2.05, 4.69) is 10.3 Å². The summed E-state index contributed by atoms with van der Waals surface area (Å²) >= 11 is 0. The summed E-state index contributed by atoms with van der Waals surface area (Å²) in [6.45, 7) is 2.10. The van der Waals surface area contributed by atoms with Gasteiger partial charge in [0.25, 0.3) is 5.91 Å². The van der Waals surface area contributed by atoms with Crippen LogP contribution < -0.4 is 10.1 Å². The molecule has 1 aliphatic rings. The quantitative estimate of drug-likeness (QED) is 0.465. The molecule has 7 heteroatoms. The van der Waals surface area contributed by atoms with E-state index in [0.29, 0.717) is 37.3 Å². The van der Waals surface area contributed by atoms with E-state index in [1.165, 1.54) is 12.1 Å². The summed E-state index contributed by atoms with van der Waals surface area (Å²) in [7, 11) is 1.57. The Bertz CT molecular complexity index is 1050. The Labute approximate surface area is 193 Å². The number of imidazole rings is 1. The topological polar surface area (TPSA) is 65.4 Å². The molecule has 1 N–H and O–H groups in total. The van der Waals surface area contributed by atoms with Crippen molar-refractivity contribution in [3.63, 3.8) is 0 Å². The number of carbonyl (C=O) groups is 1. The number of ether oxygens (including phenoxy) is 2. The fraction of sp³-hybridized carbons (Fsp3) is 0.385. The van der Waals surface area contributed by atoms with Crippen LogP contribution in [0.15, 0.2) is 61.2 Å². The minimum absolute atomic E-state index is 0.0430. The molecule has 6 nitrogen and oxygen atoms in total. The molecule has 0 unspecified atom stereocenters. The SMILES string of the molecule is COc1ccc(F)cc1-c1ccc(C[C@]2(C(=O)NCCCCn3ccnc3)CCCO2)cc1. The zero-order valence-electron chi connectivity index (χ0n) is 18.9. The van der Waals surface area contributed by atoms with Gasteiger partial charge in [-0.25, -0.2) is 9.37 Å². The van der Waals surface area contributed by atoms with Crippen LogP contribution in [0.4, 0.5) is 4.39 Å². The van der Waals surface area contributed by atoms with Gasteiger partial charge in [0.15, 0.2) is 5.60 Å². The van der Waals surface area contributed by atoms with Crippen LogP contribution in [-0.4, -0.2) is 41.3 Å². The Morgan fingerprint density at radius 1 is 1.24 bits per heavy atom. The molecule has 3 aromatic rings. The summed E-state index contributed by atoms with van der Waals surface area (Å²) < 4.78 is 27.2. The lowest BCUT2D eigenvalue weighted by Crippen LogP contribution is -2.48. The van der Waals surface area contributed by atoms with Crippen LogP contribution in [-0.2, 0) is 22.5 Å². The van der Waals surface area contributed by atoms with E-state index in [1.54, 1.807) is 25.7 Å². The van der Waals surface area contributed by atoms with Gasteiger partial charge in [-0.1, -0.05) is 24.3 Å². The molecule has 0 spiro atoms. The second kappa shape index (κ2) is 10.6. The molecule has 1 aromatic heterocycles. The molecule has 1 atom stereocenters. The molecule has 174 valence electrons. The lowest BCUT2D eigenvalue weighted by molar-refractivity contribution is -0.141. The van der Waals surface area contributed by atoms with Gasteiger partial charge in [0.05, 0.1) is 13.4 Å². The summed E-state index contributed by atoms with van der Waals surface area (Å²) in [6, 6.07) is 12.3. The van der Waals surface area contributed by atoms with Gasteiger partial charge in [0, 0.05) is 44.1 Å². The molecule has 1 aliphatic heterocycles. The zero-order valence-corrected chi connectivity index (χ0v) is 18.9. The van der Waals surface area contributed by atoms with Gasteiger partial charge in [-0.15, -0.1) is 0 Å². The molecule has 0 saturated carbocycles. The summed E-state index contributed by atoms with van der Waals surface area (Å²) in [5, 5.41) is 3.08. The predicted molar refractivity (Wildman–Crippen MR) is 124 cm³/mol. The van der Waals surface area contributed by atoms with E-state index in [9.17, 15) is 9.18 Å². The van der Waals surface area contributed by atoms with E-state index in [1.807, 2.05) is 35.0 Å². The first kappa shape index (κ1) is 23.0. The van der Waals surface area contributed by atoms with Crippen molar-refractivity contribution in [3.05, 3.63) is 72.6 Å². The summed E-state index contributed by atoms with van der Waals surface area (Å²) in [5.41, 5.74) is 1.73. The standard InChI is InChI=1S/C26H30FN3O3/c1-32-24-10-9-22(27)17-23(24)21-7-5-20(6-8-21)18-26(11-4-16-33-26)25(31)29-12-2-3-14-30-15-13-28-19-30/h5-10,13,15,17,19H,2-4,11-12,14,16,18H2,1H3,(H,29,31)/t26-/m0/s1. The number of amides is 1. The Morgan fingerprint density at radius 2 is 2.09 bits per heavy atom. The van der Waals surface area contributed by atoms with Crippen molar-refractivity contribution in [1.29, 1.82) is 0 Å². The smallest absolute Gasteiger partial charge is 0.252 e. The van der Waals surface area contributed by atoms with Crippen LogP contribution in [0.1, 0.15) is 31.2 Å². The number of halogens is 1. The van der Waals surface area contributed by atoms with E-state index in [0.717, 1.165) is 36.9 Å². The Kier molecular flexibility index (Phi) is 7.40. The molecule has 2 aromatic carbocycles. The van der Waals surface area contributed by atoms with Crippen molar-refractivity contribution in [3.8, 4) is 16.9 Å². The van der Waals surface area contributed by atoms with Crippen LogP contribution in [0.5, 0.6) is 5.75 Å². The van der Waals surface area contributed by atoms with E-state index in [-0.39, 0.29) is 11.7 Å². The summed E-state index contributed by atoms with van der Waals surface area (Å²) in [6.07, 6.45) is 9.45. The van der Waals surface area contributed by atoms with E-state index < -0.39 is 5.60 Å². The van der Waals surface area contributed by atoms with Crippen molar-refractivity contribution in [2.24, 2.45) is 0 Å². The molecular formula is C26H30FN3O3. The minimum atomic E-state index is -0.831. The fourth-order valence-electron chi connectivity index (χ4n) is 4.34. The number of rotatable bonds is 10. The third-order valence-electron chi connectivity index (χ3n) is 6.12. The molecule has 2 heterocycles. The van der Waals surface area contributed by atoms with Crippen LogP contribution in [0.25, 0.3) is 11.1 Å². The van der Waals surface area contributed by atoms with Gasteiger partial charge in [-0.3, -0.25) is 4.79 Å². The molecular weight excluding hydrogens is 421 g/mol. The van der Waals surface area contributed by atoms with Crippen LogP contribution in [0.3, 0.4) is 0 Å². The maximum atomic E-state index is 13.8. The van der Waals surface area contributed by atoms with Crippen molar-refractivity contribution in [2.45, 2.75) is 44.2 Å². The van der Waals surface area contributed by atoms with E-state index >= 15 is 0 Å². The van der Waals surface area contributed by atoms with Crippen LogP contribution >= 0.6 is 0 Å². The molecule has 0 bridgehead atoms. The number of nitrogens with one attached hydrogen (secondary N) is 1. The average molecular weight is 452 g/mol. The number of aryl methyl sites for hydroxylation is 1. The molecule has 1 amide bonds. The molecule has 4 rings (SSSR count). The first-order chi connectivity index (χ1) is 16.1. The number of aromatic nitrogens is 2. The lowest BCUT2D eigenvalue weighted by Gasteiger charge is -2.27. The van der Waals surface area contributed by atoms with Gasteiger partial charge in [-0.2, -0.15) is 0 Å². The predicted octanol–water partition coefficient (Wildman–Crippen LogP) is 4.39. The first-order valence-corrected chi connectivity index (χ1v) is 11.4. The second-order valence-corrected chi connectivity index (χ2v) is 8.43. The largest absolute Gasteiger partial charge is 0.496 e. The Morgan fingerprint density at radius 3 is 2.79 bits per heavy atom. The van der Waals surface area contributed by atoms with Crippen molar-refractivity contribution >= 4 is 5.91 Å². The highest BCUT2D eigenvalue weighted by molar-refractivity contribution is 5.86. The third kappa shape index (κ3) is 5.60. The normalized spacial score (nSPS) is 17.8. The molecule has 33 heavy (non-hydrogen) atoms. The van der Waals surface area contributed by atoms with Crippen LogP contribution in [0, 0.1) is 5.82 Å². The fourth-order valence-corrected chi connectivity index (χ4v) is 4.34. The number of hydrogen-bond donors (Lipinski definition) is 1. The van der Waals surface area contributed by atoms with Gasteiger partial charge >= 0.3 is 0 Å². The first-order valence-electron chi connectivity index (χ1n) is 11.4. The van der Waals surface area contributed by atoms with E-state index in [4.69, 9.17) is 9.47 Å². The number of methoxy groups -OCH3 is 1. The zero-order chi connectivity index (χ0) is 23.1. The number of hydrogen-bond acceptors (Lipinski definition) is 4. The second-order valence-electron chi connectivity index (χ2n) is 8.43. The number of carbonyl (C=O) groups excluding carboxylic acids is 1. The highest BCUT2D eigenvalue weighted by Gasteiger charge is 2.42. The highest BCUT2D eigenvalue weighted by atomic mass is 19.1. The van der Waals surface area contributed by atoms with Gasteiger partial charge in [-0.05, 0) is 55.0 Å². The number of nitrogens with zero attached hydrogens (tertiary/aromatic N) is 2. The van der Waals surface area contributed by atoms with Crippen molar-refractivity contribution in [2.75, 3.05) is 20.3 Å². The monoisotopic (exact) mass is 451 g/mol.